The van der Waals surface area contributed by atoms with Crippen LogP contribution in [0.15, 0.2) is 57.7 Å². The van der Waals surface area contributed by atoms with E-state index in [0.717, 1.165) is 24.1 Å². The van der Waals surface area contributed by atoms with Gasteiger partial charge in [-0.2, -0.15) is 0 Å². The zero-order valence-corrected chi connectivity index (χ0v) is 15.5. The lowest BCUT2D eigenvalue weighted by molar-refractivity contribution is -0.119. The molecule has 0 spiro atoms. The number of benzene rings is 2. The highest BCUT2D eigenvalue weighted by Gasteiger charge is 2.21. The van der Waals surface area contributed by atoms with Gasteiger partial charge in [0.1, 0.15) is 11.1 Å². The smallest absolute Gasteiger partial charge is 0.349 e. The van der Waals surface area contributed by atoms with Gasteiger partial charge in [-0.3, -0.25) is 9.59 Å². The van der Waals surface area contributed by atoms with Crippen LogP contribution in [-0.4, -0.2) is 18.4 Å². The summed E-state index contributed by atoms with van der Waals surface area (Å²) >= 11 is 0. The zero-order chi connectivity index (χ0) is 19.7. The number of carbonyl (C=O) groups is 2. The number of hydrogen-bond donors (Lipinski definition) is 1. The fraction of sp³-hybridized carbons (Fsp3) is 0.227. The molecule has 1 N–H and O–H groups in total. The number of nitrogens with one attached hydrogen (secondary N) is 1. The first-order valence-corrected chi connectivity index (χ1v) is 9.28. The highest BCUT2D eigenvalue weighted by Crippen LogP contribution is 2.27. The summed E-state index contributed by atoms with van der Waals surface area (Å²) < 4.78 is 5.23. The molecular formula is C22H20N2O4. The molecule has 6 nitrogen and oxygen atoms in total. The van der Waals surface area contributed by atoms with E-state index in [-0.39, 0.29) is 11.5 Å². The minimum atomic E-state index is -0.677. The molecule has 0 saturated carbocycles. The average molecular weight is 376 g/mol. The predicted molar refractivity (Wildman–Crippen MR) is 108 cm³/mol. The van der Waals surface area contributed by atoms with E-state index >= 15 is 0 Å². The van der Waals surface area contributed by atoms with Gasteiger partial charge < -0.3 is 14.6 Å². The molecule has 2 aromatic carbocycles. The summed E-state index contributed by atoms with van der Waals surface area (Å²) in [5.41, 5.74) is 2.01. The Morgan fingerprint density at radius 3 is 2.68 bits per heavy atom. The Kier molecular flexibility index (Phi) is 4.69. The Morgan fingerprint density at radius 2 is 1.89 bits per heavy atom. The number of rotatable bonds is 3. The third-order valence-corrected chi connectivity index (χ3v) is 4.95. The molecule has 4 rings (SSSR count). The number of para-hydroxylation sites is 1. The standard InChI is InChI=1S/C22H20N2O4/c1-14-12-16(9-10-18(14)24-11-5-4-8-20(24)25)23-21(26)17-13-15-6-2-3-7-19(15)28-22(17)27/h2-3,6-7,9-10,12-13H,4-5,8,11H2,1H3,(H,23,26). The largest absolute Gasteiger partial charge is 0.422 e. The Hall–Kier alpha value is -3.41. The summed E-state index contributed by atoms with van der Waals surface area (Å²) in [7, 11) is 0. The number of hydrogen-bond acceptors (Lipinski definition) is 4. The quantitative estimate of drug-likeness (QED) is 0.704. The molecule has 28 heavy (non-hydrogen) atoms. The van der Waals surface area contributed by atoms with Crippen molar-refractivity contribution in [1.29, 1.82) is 0 Å². The fourth-order valence-corrected chi connectivity index (χ4v) is 3.52. The molecule has 1 aliphatic heterocycles. The van der Waals surface area contributed by atoms with Crippen LogP contribution in [0, 0.1) is 6.92 Å². The second-order valence-electron chi connectivity index (χ2n) is 6.94. The lowest BCUT2D eigenvalue weighted by Crippen LogP contribution is -2.35. The monoisotopic (exact) mass is 376 g/mol. The van der Waals surface area contributed by atoms with E-state index in [4.69, 9.17) is 4.42 Å². The van der Waals surface area contributed by atoms with Crippen molar-refractivity contribution >= 4 is 34.2 Å². The van der Waals surface area contributed by atoms with Crippen molar-refractivity contribution in [3.05, 3.63) is 70.1 Å². The highest BCUT2D eigenvalue weighted by molar-refractivity contribution is 6.05. The van der Waals surface area contributed by atoms with Crippen LogP contribution in [0.4, 0.5) is 11.4 Å². The van der Waals surface area contributed by atoms with Crippen LogP contribution < -0.4 is 15.8 Å². The van der Waals surface area contributed by atoms with E-state index in [1.165, 1.54) is 6.07 Å². The second kappa shape index (κ2) is 7.31. The number of anilines is 2. The van der Waals surface area contributed by atoms with E-state index < -0.39 is 11.5 Å². The minimum absolute atomic E-state index is 0.0494. The van der Waals surface area contributed by atoms with Crippen LogP contribution in [0.1, 0.15) is 35.2 Å². The van der Waals surface area contributed by atoms with Crippen molar-refractivity contribution in [3.8, 4) is 0 Å². The Bertz CT molecular complexity index is 1130. The van der Waals surface area contributed by atoms with Crippen molar-refractivity contribution in [1.82, 2.24) is 0 Å². The first-order chi connectivity index (χ1) is 13.5. The maximum absolute atomic E-state index is 12.6. The second-order valence-corrected chi connectivity index (χ2v) is 6.94. The van der Waals surface area contributed by atoms with Crippen molar-refractivity contribution in [2.45, 2.75) is 26.2 Å². The molecule has 0 atom stereocenters. The molecule has 0 aliphatic carbocycles. The van der Waals surface area contributed by atoms with Gasteiger partial charge in [0, 0.05) is 29.7 Å². The van der Waals surface area contributed by atoms with Crippen LogP contribution in [-0.2, 0) is 4.79 Å². The summed E-state index contributed by atoms with van der Waals surface area (Å²) in [6.45, 7) is 2.61. The van der Waals surface area contributed by atoms with Crippen molar-refractivity contribution in [3.63, 3.8) is 0 Å². The lowest BCUT2D eigenvalue weighted by atomic mass is 10.1. The van der Waals surface area contributed by atoms with Crippen LogP contribution in [0.2, 0.25) is 0 Å². The fourth-order valence-electron chi connectivity index (χ4n) is 3.52. The molecule has 1 fully saturated rings. The number of aryl methyl sites for hydroxylation is 1. The minimum Gasteiger partial charge on any atom is -0.422 e. The first kappa shape index (κ1) is 18.0. The van der Waals surface area contributed by atoms with Gasteiger partial charge in [0.2, 0.25) is 5.91 Å². The average Bonchev–Trinajstić information content (AvgIpc) is 2.68. The third kappa shape index (κ3) is 3.41. The molecule has 6 heteroatoms. The Labute approximate surface area is 161 Å². The topological polar surface area (TPSA) is 79.6 Å². The number of amides is 2. The molecule has 1 saturated heterocycles. The van der Waals surface area contributed by atoms with Gasteiger partial charge in [-0.25, -0.2) is 4.79 Å². The number of carbonyl (C=O) groups excluding carboxylic acids is 2. The van der Waals surface area contributed by atoms with Gasteiger partial charge in [-0.05, 0) is 55.7 Å². The summed E-state index contributed by atoms with van der Waals surface area (Å²) in [6, 6.07) is 14.0. The third-order valence-electron chi connectivity index (χ3n) is 4.95. The van der Waals surface area contributed by atoms with Gasteiger partial charge in [-0.1, -0.05) is 18.2 Å². The van der Waals surface area contributed by atoms with Gasteiger partial charge in [-0.15, -0.1) is 0 Å². The predicted octanol–water partition coefficient (Wildman–Crippen LogP) is 3.87. The summed E-state index contributed by atoms with van der Waals surface area (Å²) in [5.74, 6) is -0.402. The molecule has 0 unspecified atom stereocenters. The summed E-state index contributed by atoms with van der Waals surface area (Å²) in [4.78, 5) is 38.7. The van der Waals surface area contributed by atoms with E-state index in [1.807, 2.05) is 19.1 Å². The molecular weight excluding hydrogens is 356 g/mol. The number of nitrogens with zero attached hydrogens (tertiary/aromatic N) is 1. The van der Waals surface area contributed by atoms with E-state index in [2.05, 4.69) is 5.32 Å². The van der Waals surface area contributed by atoms with E-state index in [9.17, 15) is 14.4 Å². The SMILES string of the molecule is Cc1cc(NC(=O)c2cc3ccccc3oc2=O)ccc1N1CCCCC1=O. The first-order valence-electron chi connectivity index (χ1n) is 9.28. The van der Waals surface area contributed by atoms with Gasteiger partial charge in [0.25, 0.3) is 5.91 Å². The summed E-state index contributed by atoms with van der Waals surface area (Å²) in [5, 5.41) is 3.43. The van der Waals surface area contributed by atoms with Crippen molar-refractivity contribution < 1.29 is 14.0 Å². The molecule has 1 aliphatic rings. The maximum atomic E-state index is 12.6. The summed E-state index contributed by atoms with van der Waals surface area (Å²) in [6.07, 6.45) is 2.48. The van der Waals surface area contributed by atoms with Crippen LogP contribution in [0.25, 0.3) is 11.0 Å². The normalized spacial score (nSPS) is 14.3. The molecule has 1 aromatic heterocycles. The zero-order valence-electron chi connectivity index (χ0n) is 15.5. The number of piperidine rings is 1. The molecule has 2 heterocycles. The van der Waals surface area contributed by atoms with Crippen molar-refractivity contribution in [2.24, 2.45) is 0 Å². The van der Waals surface area contributed by atoms with Crippen molar-refractivity contribution in [2.75, 3.05) is 16.8 Å². The molecule has 0 radical (unpaired) electrons. The Morgan fingerprint density at radius 1 is 1.07 bits per heavy atom. The highest BCUT2D eigenvalue weighted by atomic mass is 16.4. The molecule has 142 valence electrons. The van der Waals surface area contributed by atoms with Crippen LogP contribution in [0.3, 0.4) is 0 Å². The van der Waals surface area contributed by atoms with E-state index in [0.29, 0.717) is 29.6 Å². The molecule has 3 aromatic rings. The van der Waals surface area contributed by atoms with Gasteiger partial charge in [0.15, 0.2) is 0 Å². The van der Waals surface area contributed by atoms with E-state index in [1.54, 1.807) is 35.2 Å². The maximum Gasteiger partial charge on any atom is 0.349 e. The lowest BCUT2D eigenvalue weighted by Gasteiger charge is -2.28. The number of fused-ring (bicyclic) bond motifs is 1. The van der Waals surface area contributed by atoms with Crippen LogP contribution in [0.5, 0.6) is 0 Å². The molecule has 0 bridgehead atoms. The Balaban J connectivity index is 1.58. The molecule has 2 amide bonds. The van der Waals surface area contributed by atoms with Crippen LogP contribution >= 0.6 is 0 Å². The van der Waals surface area contributed by atoms with Gasteiger partial charge >= 0.3 is 5.63 Å². The van der Waals surface area contributed by atoms with Gasteiger partial charge in [0.05, 0.1) is 0 Å².